The number of nitrogens with two attached hydrogens (primary N) is 1. The number of aryl methyl sites for hydroxylation is 1. The molecule has 0 aliphatic carbocycles. The first-order valence-electron chi connectivity index (χ1n) is 6.95. The summed E-state index contributed by atoms with van der Waals surface area (Å²) in [6.07, 6.45) is 2.44. The van der Waals surface area contributed by atoms with Crippen LogP contribution < -0.4 is 5.73 Å². The Balaban J connectivity index is 3.02. The van der Waals surface area contributed by atoms with Gasteiger partial charge in [0.05, 0.1) is 7.11 Å². The van der Waals surface area contributed by atoms with Crippen LogP contribution in [0.3, 0.4) is 0 Å². The Morgan fingerprint density at radius 2 is 2.05 bits per heavy atom. The van der Waals surface area contributed by atoms with Gasteiger partial charge in [-0.15, -0.1) is 0 Å². The number of hydrogen-bond donors (Lipinski definition) is 1. The molecule has 2 N–H and O–H groups in total. The van der Waals surface area contributed by atoms with Crippen molar-refractivity contribution >= 4 is 5.97 Å². The quantitative estimate of drug-likeness (QED) is 0.585. The molecule has 0 bridgehead atoms. The highest BCUT2D eigenvalue weighted by Crippen LogP contribution is 2.31. The number of benzene rings is 1. The number of ether oxygens (including phenoxy) is 2. The van der Waals surface area contributed by atoms with Gasteiger partial charge in [-0.2, -0.15) is 0 Å². The summed E-state index contributed by atoms with van der Waals surface area (Å²) in [4.78, 5) is 12.3. The van der Waals surface area contributed by atoms with Crippen LogP contribution in [0.5, 0.6) is 0 Å². The van der Waals surface area contributed by atoms with Crippen molar-refractivity contribution in [3.63, 3.8) is 0 Å². The molecule has 4 nitrogen and oxygen atoms in total. The molecule has 1 aromatic rings. The molecule has 1 aromatic carbocycles. The largest absolute Gasteiger partial charge is 0.468 e. The fourth-order valence-electron chi connectivity index (χ4n) is 2.48. The molecule has 0 radical (unpaired) electrons. The van der Waals surface area contributed by atoms with Crippen molar-refractivity contribution in [2.24, 2.45) is 5.73 Å². The molecular weight excluding hydrogens is 254 g/mol. The Labute approximate surface area is 121 Å². The molecule has 20 heavy (non-hydrogen) atoms. The molecule has 0 fully saturated rings. The smallest absolute Gasteiger partial charge is 0.317 e. The third-order valence-corrected chi connectivity index (χ3v) is 3.70. The van der Waals surface area contributed by atoms with Gasteiger partial charge in [-0.25, -0.2) is 0 Å². The summed E-state index contributed by atoms with van der Waals surface area (Å²) in [5.74, 6) is -0.261. The SMILES string of the molecule is COCCCCC(CN)(C(=O)OC)c1cccc(C)c1. The Morgan fingerprint density at radius 1 is 1.30 bits per heavy atom. The Morgan fingerprint density at radius 3 is 2.60 bits per heavy atom. The minimum absolute atomic E-state index is 0.246. The Kier molecular flexibility index (Phi) is 6.68. The lowest BCUT2D eigenvalue weighted by Gasteiger charge is -2.30. The number of rotatable bonds is 8. The third-order valence-electron chi connectivity index (χ3n) is 3.70. The van der Waals surface area contributed by atoms with Crippen molar-refractivity contribution in [2.45, 2.75) is 31.6 Å². The normalized spacial score (nSPS) is 13.8. The van der Waals surface area contributed by atoms with E-state index in [1.54, 1.807) is 7.11 Å². The van der Waals surface area contributed by atoms with Gasteiger partial charge in [0, 0.05) is 20.3 Å². The number of carbonyl (C=O) groups excluding carboxylic acids is 1. The fourth-order valence-corrected chi connectivity index (χ4v) is 2.48. The average Bonchev–Trinajstić information content (AvgIpc) is 2.47. The molecule has 0 heterocycles. The number of carbonyl (C=O) groups is 1. The van der Waals surface area contributed by atoms with E-state index in [0.717, 1.165) is 24.0 Å². The lowest BCUT2D eigenvalue weighted by molar-refractivity contribution is -0.147. The van der Waals surface area contributed by atoms with E-state index in [0.29, 0.717) is 13.0 Å². The molecule has 0 amide bonds. The fraction of sp³-hybridized carbons (Fsp3) is 0.562. The second kappa shape index (κ2) is 8.02. The highest BCUT2D eigenvalue weighted by atomic mass is 16.5. The maximum atomic E-state index is 12.3. The highest BCUT2D eigenvalue weighted by Gasteiger charge is 2.39. The molecule has 0 saturated carbocycles. The monoisotopic (exact) mass is 279 g/mol. The summed E-state index contributed by atoms with van der Waals surface area (Å²) in [5.41, 5.74) is 7.24. The molecule has 1 unspecified atom stereocenters. The molecule has 0 saturated heterocycles. The summed E-state index contributed by atoms with van der Waals surface area (Å²) in [7, 11) is 3.09. The highest BCUT2D eigenvalue weighted by molar-refractivity contribution is 5.83. The van der Waals surface area contributed by atoms with Crippen LogP contribution in [-0.4, -0.2) is 33.3 Å². The van der Waals surface area contributed by atoms with Crippen molar-refractivity contribution < 1.29 is 14.3 Å². The van der Waals surface area contributed by atoms with Crippen molar-refractivity contribution in [3.05, 3.63) is 35.4 Å². The summed E-state index contributed by atoms with van der Waals surface area (Å²) < 4.78 is 10.1. The first kappa shape index (κ1) is 16.7. The van der Waals surface area contributed by atoms with Crippen LogP contribution in [0.25, 0.3) is 0 Å². The van der Waals surface area contributed by atoms with Crippen molar-refractivity contribution in [1.29, 1.82) is 0 Å². The number of methoxy groups -OCH3 is 2. The molecule has 0 aliphatic rings. The molecule has 0 aliphatic heterocycles. The van der Waals surface area contributed by atoms with Crippen LogP contribution >= 0.6 is 0 Å². The summed E-state index contributed by atoms with van der Waals surface area (Å²) in [5, 5.41) is 0. The van der Waals surface area contributed by atoms with E-state index in [4.69, 9.17) is 15.2 Å². The van der Waals surface area contributed by atoms with Crippen molar-refractivity contribution in [3.8, 4) is 0 Å². The van der Waals surface area contributed by atoms with Crippen molar-refractivity contribution in [1.82, 2.24) is 0 Å². The maximum absolute atomic E-state index is 12.3. The van der Waals surface area contributed by atoms with Crippen LogP contribution in [0.1, 0.15) is 30.4 Å². The molecule has 0 aromatic heterocycles. The first-order chi connectivity index (χ1) is 9.60. The predicted octanol–water partition coefficient (Wildman–Crippen LogP) is 2.18. The lowest BCUT2D eigenvalue weighted by atomic mass is 9.76. The van der Waals surface area contributed by atoms with Gasteiger partial charge in [0.1, 0.15) is 5.41 Å². The van der Waals surface area contributed by atoms with Gasteiger partial charge in [-0.1, -0.05) is 29.8 Å². The molecule has 4 heteroatoms. The van der Waals surface area contributed by atoms with E-state index < -0.39 is 5.41 Å². The molecule has 112 valence electrons. The van der Waals surface area contributed by atoms with Crippen LogP contribution in [0.15, 0.2) is 24.3 Å². The van der Waals surface area contributed by atoms with E-state index >= 15 is 0 Å². The zero-order valence-electron chi connectivity index (χ0n) is 12.6. The summed E-state index contributed by atoms with van der Waals surface area (Å²) in [6, 6.07) is 7.92. The topological polar surface area (TPSA) is 61.5 Å². The number of esters is 1. The Bertz CT molecular complexity index is 433. The van der Waals surface area contributed by atoms with E-state index in [-0.39, 0.29) is 12.5 Å². The minimum atomic E-state index is -0.755. The number of unbranched alkanes of at least 4 members (excludes halogenated alkanes) is 1. The molecule has 1 rings (SSSR count). The van der Waals surface area contributed by atoms with Crippen LogP contribution in [0, 0.1) is 6.92 Å². The van der Waals surface area contributed by atoms with Gasteiger partial charge in [0.25, 0.3) is 0 Å². The minimum Gasteiger partial charge on any atom is -0.468 e. The molecular formula is C16H25NO3. The van der Waals surface area contributed by atoms with Gasteiger partial charge in [0.2, 0.25) is 0 Å². The second-order valence-electron chi connectivity index (χ2n) is 5.10. The zero-order chi connectivity index (χ0) is 15.0. The standard InChI is InChI=1S/C16H25NO3/c1-13-7-6-8-14(11-13)16(12-17,15(18)20-3)9-4-5-10-19-2/h6-8,11H,4-5,9-10,12,17H2,1-3H3. The molecule has 1 atom stereocenters. The van der Waals surface area contributed by atoms with Gasteiger partial charge >= 0.3 is 5.97 Å². The van der Waals surface area contributed by atoms with E-state index in [1.165, 1.54) is 7.11 Å². The van der Waals surface area contributed by atoms with Gasteiger partial charge < -0.3 is 15.2 Å². The van der Waals surface area contributed by atoms with Gasteiger partial charge in [-0.3, -0.25) is 4.79 Å². The summed E-state index contributed by atoms with van der Waals surface area (Å²) >= 11 is 0. The predicted molar refractivity (Wildman–Crippen MR) is 79.7 cm³/mol. The van der Waals surface area contributed by atoms with Gasteiger partial charge in [-0.05, 0) is 31.7 Å². The maximum Gasteiger partial charge on any atom is 0.317 e. The van der Waals surface area contributed by atoms with Crippen LogP contribution in [0.2, 0.25) is 0 Å². The average molecular weight is 279 g/mol. The van der Waals surface area contributed by atoms with Crippen LogP contribution in [0.4, 0.5) is 0 Å². The molecule has 0 spiro atoms. The van der Waals surface area contributed by atoms with Gasteiger partial charge in [0.15, 0.2) is 0 Å². The first-order valence-corrected chi connectivity index (χ1v) is 6.95. The van der Waals surface area contributed by atoms with E-state index in [2.05, 4.69) is 0 Å². The zero-order valence-corrected chi connectivity index (χ0v) is 12.6. The van der Waals surface area contributed by atoms with E-state index in [1.807, 2.05) is 31.2 Å². The Hall–Kier alpha value is -1.39. The van der Waals surface area contributed by atoms with Crippen LogP contribution in [-0.2, 0) is 19.7 Å². The summed E-state index contributed by atoms with van der Waals surface area (Å²) in [6.45, 7) is 2.94. The lowest BCUT2D eigenvalue weighted by Crippen LogP contribution is -2.44. The van der Waals surface area contributed by atoms with Crippen molar-refractivity contribution in [2.75, 3.05) is 27.4 Å². The van der Waals surface area contributed by atoms with E-state index in [9.17, 15) is 4.79 Å². The third kappa shape index (κ3) is 3.81. The number of hydrogen-bond acceptors (Lipinski definition) is 4. The second-order valence-corrected chi connectivity index (χ2v) is 5.10.